The number of rotatable bonds is 5. The van der Waals surface area contributed by atoms with Crippen molar-refractivity contribution in [3.63, 3.8) is 0 Å². The number of hydrogen-bond acceptors (Lipinski definition) is 4. The summed E-state index contributed by atoms with van der Waals surface area (Å²) in [7, 11) is 0. The number of anilines is 2. The Morgan fingerprint density at radius 2 is 1.82 bits per heavy atom. The largest absolute Gasteiger partial charge is 0.321 e. The van der Waals surface area contributed by atoms with Gasteiger partial charge in [-0.25, -0.2) is 0 Å². The molecule has 0 radical (unpaired) electrons. The van der Waals surface area contributed by atoms with Gasteiger partial charge in [0.1, 0.15) is 16.7 Å². The number of carbonyl (C=O) groups is 2. The molecule has 3 aromatic rings. The van der Waals surface area contributed by atoms with Gasteiger partial charge in [-0.15, -0.1) is 0 Å². The maximum Gasteiger partial charge on any atom is 0.269 e. The minimum atomic E-state index is -0.555. The molecule has 5 nitrogen and oxygen atoms in total. The van der Waals surface area contributed by atoms with Gasteiger partial charge in [0.25, 0.3) is 5.91 Å². The van der Waals surface area contributed by atoms with Gasteiger partial charge in [0.05, 0.1) is 10.9 Å². The van der Waals surface area contributed by atoms with Crippen LogP contribution >= 0.6 is 23.4 Å². The quantitative estimate of drug-likeness (QED) is 0.380. The summed E-state index contributed by atoms with van der Waals surface area (Å²) in [6.07, 6.45) is 0.426. The number of nitriles is 1. The number of para-hydroxylation sites is 2. The third-order valence-electron chi connectivity index (χ3n) is 5.20. The molecule has 1 aliphatic heterocycles. The Hall–Kier alpha value is -3.53. The van der Waals surface area contributed by atoms with Crippen LogP contribution in [0.3, 0.4) is 0 Å². The second kappa shape index (κ2) is 9.95. The molecule has 1 saturated heterocycles. The number of carbonyl (C=O) groups excluding carboxylic acids is 2. The first-order chi connectivity index (χ1) is 16.0. The number of aryl methyl sites for hydroxylation is 1. The topological polar surface area (TPSA) is 73.2 Å². The first kappa shape index (κ1) is 22.7. The van der Waals surface area contributed by atoms with Crippen molar-refractivity contribution >= 4 is 46.6 Å². The molecule has 3 aromatic carbocycles. The van der Waals surface area contributed by atoms with E-state index in [2.05, 4.69) is 5.32 Å². The Bertz CT molecular complexity index is 1280. The minimum absolute atomic E-state index is 0.103. The number of nitrogens with one attached hydrogen (secondary N) is 1. The van der Waals surface area contributed by atoms with Gasteiger partial charge in [-0.05, 0) is 54.8 Å². The number of hydrogen-bond donors (Lipinski definition) is 1. The molecule has 1 heterocycles. The number of thioether (sulfide) groups is 1. The molecule has 4 rings (SSSR count). The summed E-state index contributed by atoms with van der Waals surface area (Å²) in [5.41, 5.74) is 2.90. The molecule has 1 N–H and O–H groups in total. The van der Waals surface area contributed by atoms with E-state index >= 15 is 0 Å². The van der Waals surface area contributed by atoms with Crippen molar-refractivity contribution in [3.05, 3.63) is 106 Å². The molecule has 0 aromatic heterocycles. The van der Waals surface area contributed by atoms with E-state index in [0.29, 0.717) is 27.8 Å². The van der Waals surface area contributed by atoms with Crippen molar-refractivity contribution in [3.8, 4) is 6.07 Å². The molecule has 0 saturated carbocycles. The van der Waals surface area contributed by atoms with Crippen LogP contribution < -0.4 is 10.2 Å². The van der Waals surface area contributed by atoms with Crippen LogP contribution in [0.4, 0.5) is 11.4 Å². The van der Waals surface area contributed by atoms with Crippen LogP contribution in [-0.4, -0.2) is 17.1 Å². The Balaban J connectivity index is 1.75. The van der Waals surface area contributed by atoms with Crippen molar-refractivity contribution in [1.29, 1.82) is 5.26 Å². The highest BCUT2D eigenvalue weighted by Crippen LogP contribution is 2.43. The van der Waals surface area contributed by atoms with Crippen LogP contribution in [0.25, 0.3) is 0 Å². The third-order valence-corrected chi connectivity index (χ3v) is 6.70. The molecule has 0 aliphatic carbocycles. The van der Waals surface area contributed by atoms with Crippen molar-refractivity contribution in [2.24, 2.45) is 0 Å². The maximum atomic E-state index is 13.6. The van der Waals surface area contributed by atoms with E-state index in [1.54, 1.807) is 30.3 Å². The first-order valence-electron chi connectivity index (χ1n) is 10.3. The predicted octanol–water partition coefficient (Wildman–Crippen LogP) is 5.71. The van der Waals surface area contributed by atoms with E-state index in [-0.39, 0.29) is 11.5 Å². The van der Waals surface area contributed by atoms with Gasteiger partial charge in [0.15, 0.2) is 0 Å². The summed E-state index contributed by atoms with van der Waals surface area (Å²) in [5.74, 6) is -0.731. The average molecular weight is 474 g/mol. The first-order valence-corrected chi connectivity index (χ1v) is 11.5. The summed E-state index contributed by atoms with van der Waals surface area (Å²) in [5, 5.41) is 13.1. The standard InChI is InChI=1S/C26H20ClN3O2S/c1-17-8-5-6-13-22(17)30-25(32)23(15-18-9-7-10-19(27)14-18)33-26(30)21(16-28)24(31)29-20-11-3-2-4-12-20/h2-14,23H,15H2,1H3,(H,29,31)/b26-21+/t23-/m1/s1. The van der Waals surface area contributed by atoms with E-state index in [1.165, 1.54) is 16.7 Å². The van der Waals surface area contributed by atoms with Crippen LogP contribution in [0, 0.1) is 18.3 Å². The lowest BCUT2D eigenvalue weighted by Gasteiger charge is -2.20. The molecule has 164 valence electrons. The van der Waals surface area contributed by atoms with Gasteiger partial charge in [-0.1, -0.05) is 71.9 Å². The lowest BCUT2D eigenvalue weighted by Crippen LogP contribution is -2.31. The van der Waals surface area contributed by atoms with Gasteiger partial charge in [0, 0.05) is 10.7 Å². The molecule has 1 aliphatic rings. The Labute approximate surface area is 201 Å². The predicted molar refractivity (Wildman–Crippen MR) is 133 cm³/mol. The lowest BCUT2D eigenvalue weighted by atomic mass is 10.1. The monoisotopic (exact) mass is 473 g/mol. The lowest BCUT2D eigenvalue weighted by molar-refractivity contribution is -0.117. The zero-order chi connectivity index (χ0) is 23.4. The summed E-state index contributed by atoms with van der Waals surface area (Å²) in [6, 6.07) is 25.7. The van der Waals surface area contributed by atoms with E-state index in [1.807, 2.05) is 61.5 Å². The average Bonchev–Trinajstić information content (AvgIpc) is 3.11. The Kier molecular flexibility index (Phi) is 6.83. The summed E-state index contributed by atoms with van der Waals surface area (Å²) >= 11 is 7.36. The third kappa shape index (κ3) is 4.95. The molecular formula is C26H20ClN3O2S. The highest BCUT2D eigenvalue weighted by molar-refractivity contribution is 8.05. The van der Waals surface area contributed by atoms with Crippen molar-refractivity contribution in [2.45, 2.75) is 18.6 Å². The van der Waals surface area contributed by atoms with Gasteiger partial charge in [0.2, 0.25) is 5.91 Å². The fourth-order valence-electron chi connectivity index (χ4n) is 3.61. The number of benzene rings is 3. The summed E-state index contributed by atoms with van der Waals surface area (Å²) in [6.45, 7) is 1.89. The van der Waals surface area contributed by atoms with E-state index < -0.39 is 11.2 Å². The molecule has 1 atom stereocenters. The summed E-state index contributed by atoms with van der Waals surface area (Å²) in [4.78, 5) is 28.1. The number of nitrogens with zero attached hydrogens (tertiary/aromatic N) is 2. The minimum Gasteiger partial charge on any atom is -0.321 e. The van der Waals surface area contributed by atoms with Crippen LogP contribution in [0.15, 0.2) is 89.5 Å². The van der Waals surface area contributed by atoms with Gasteiger partial charge >= 0.3 is 0 Å². The molecule has 0 unspecified atom stereocenters. The molecule has 7 heteroatoms. The zero-order valence-corrected chi connectivity index (χ0v) is 19.4. The Morgan fingerprint density at radius 3 is 2.52 bits per heavy atom. The van der Waals surface area contributed by atoms with Gasteiger partial charge in [-0.3, -0.25) is 14.5 Å². The van der Waals surface area contributed by atoms with E-state index in [4.69, 9.17) is 11.6 Å². The SMILES string of the molecule is Cc1ccccc1N1C(=O)[C@@H](Cc2cccc(Cl)c2)S/C1=C(\C#N)C(=O)Nc1ccccc1. The molecule has 2 amide bonds. The number of amides is 2. The normalized spacial score (nSPS) is 16.9. The smallest absolute Gasteiger partial charge is 0.269 e. The fourth-order valence-corrected chi connectivity index (χ4v) is 5.13. The number of halogens is 1. The Morgan fingerprint density at radius 1 is 1.09 bits per heavy atom. The van der Waals surface area contributed by atoms with Crippen LogP contribution in [-0.2, 0) is 16.0 Å². The molecule has 33 heavy (non-hydrogen) atoms. The maximum absolute atomic E-state index is 13.6. The highest BCUT2D eigenvalue weighted by Gasteiger charge is 2.41. The van der Waals surface area contributed by atoms with Crippen molar-refractivity contribution in [1.82, 2.24) is 0 Å². The van der Waals surface area contributed by atoms with Crippen molar-refractivity contribution in [2.75, 3.05) is 10.2 Å². The molecular weight excluding hydrogens is 454 g/mol. The van der Waals surface area contributed by atoms with E-state index in [0.717, 1.165) is 11.1 Å². The highest BCUT2D eigenvalue weighted by atomic mass is 35.5. The van der Waals surface area contributed by atoms with Gasteiger partial charge < -0.3 is 5.32 Å². The van der Waals surface area contributed by atoms with Crippen molar-refractivity contribution < 1.29 is 9.59 Å². The molecule has 1 fully saturated rings. The second-order valence-electron chi connectivity index (χ2n) is 7.51. The molecule has 0 bridgehead atoms. The molecule has 0 spiro atoms. The zero-order valence-electron chi connectivity index (χ0n) is 17.8. The van der Waals surface area contributed by atoms with Crippen LogP contribution in [0.1, 0.15) is 11.1 Å². The van der Waals surface area contributed by atoms with Crippen LogP contribution in [0.2, 0.25) is 5.02 Å². The van der Waals surface area contributed by atoms with E-state index in [9.17, 15) is 14.9 Å². The summed E-state index contributed by atoms with van der Waals surface area (Å²) < 4.78 is 0. The van der Waals surface area contributed by atoms with Gasteiger partial charge in [-0.2, -0.15) is 5.26 Å². The van der Waals surface area contributed by atoms with Crippen LogP contribution in [0.5, 0.6) is 0 Å². The second-order valence-corrected chi connectivity index (χ2v) is 9.14. The fraction of sp³-hybridized carbons (Fsp3) is 0.115.